The van der Waals surface area contributed by atoms with Gasteiger partial charge in [0, 0.05) is 6.20 Å². The molecule has 2 N–H and O–H groups in total. The Hall–Kier alpha value is -1.83. The largest absolute Gasteiger partial charge is 0.417 e. The average molecular weight is 304 g/mol. The number of amides is 1. The fourth-order valence-electron chi connectivity index (χ4n) is 1.62. The van der Waals surface area contributed by atoms with E-state index in [1.165, 1.54) is 6.92 Å². The number of pyridine rings is 1. The van der Waals surface area contributed by atoms with Gasteiger partial charge in [0.25, 0.3) is 11.5 Å². The Morgan fingerprint density at radius 2 is 2.19 bits per heavy atom. The van der Waals surface area contributed by atoms with Gasteiger partial charge in [-0.25, -0.2) is 0 Å². The van der Waals surface area contributed by atoms with E-state index in [1.807, 2.05) is 4.98 Å². The molecule has 1 atom stereocenters. The third kappa shape index (κ3) is 4.32. The zero-order valence-electron chi connectivity index (χ0n) is 11.3. The highest BCUT2D eigenvalue weighted by Crippen LogP contribution is 2.30. The van der Waals surface area contributed by atoms with Gasteiger partial charge in [-0.15, -0.1) is 0 Å². The van der Waals surface area contributed by atoms with Gasteiger partial charge in [-0.2, -0.15) is 13.2 Å². The number of aromatic nitrogens is 1. The maximum Gasteiger partial charge on any atom is 0.417 e. The van der Waals surface area contributed by atoms with Gasteiger partial charge in [0.1, 0.15) is 11.8 Å². The Kier molecular flexibility index (Phi) is 4.36. The maximum atomic E-state index is 12.6. The molecular weight excluding hydrogens is 289 g/mol. The Morgan fingerprint density at radius 3 is 2.76 bits per heavy atom. The van der Waals surface area contributed by atoms with E-state index in [4.69, 9.17) is 4.74 Å². The molecule has 1 aliphatic rings. The lowest BCUT2D eigenvalue weighted by molar-refractivity contribution is -0.137. The molecule has 2 rings (SSSR count). The van der Waals surface area contributed by atoms with Crippen molar-refractivity contribution in [2.24, 2.45) is 5.92 Å². The molecule has 0 aromatic carbocycles. The first-order valence-electron chi connectivity index (χ1n) is 6.50. The highest BCUT2D eigenvalue weighted by molar-refractivity contribution is 5.93. The molecule has 8 heteroatoms. The first-order valence-corrected chi connectivity index (χ1v) is 6.50. The van der Waals surface area contributed by atoms with E-state index in [1.54, 1.807) is 0 Å². The van der Waals surface area contributed by atoms with Crippen LogP contribution in [0.3, 0.4) is 0 Å². The second-order valence-corrected chi connectivity index (χ2v) is 5.04. The number of nitrogens with one attached hydrogen (secondary N) is 2. The molecule has 0 saturated heterocycles. The SMILES string of the molecule is C[C@@H](OCC1CC1)C(=O)Nc1cc(C(F)(F)F)c[nH]c1=O. The van der Waals surface area contributed by atoms with Crippen molar-refractivity contribution in [1.29, 1.82) is 0 Å². The smallest absolute Gasteiger partial charge is 0.368 e. The molecule has 0 unspecified atom stereocenters. The van der Waals surface area contributed by atoms with Gasteiger partial charge in [0.2, 0.25) is 0 Å². The standard InChI is InChI=1S/C13H15F3N2O3/c1-7(21-6-8-2-3-8)11(19)18-10-4-9(13(14,15)16)5-17-12(10)20/h4-5,7-8H,2-3,6H2,1H3,(H,17,20)(H,18,19)/t7-/m1/s1. The summed E-state index contributed by atoms with van der Waals surface area (Å²) < 4.78 is 42.9. The number of hydrogen-bond acceptors (Lipinski definition) is 3. The number of anilines is 1. The van der Waals surface area contributed by atoms with E-state index in [2.05, 4.69) is 5.32 Å². The number of halogens is 3. The van der Waals surface area contributed by atoms with Gasteiger partial charge >= 0.3 is 6.18 Å². The number of carbonyl (C=O) groups is 1. The van der Waals surface area contributed by atoms with Crippen LogP contribution in [0.15, 0.2) is 17.1 Å². The van der Waals surface area contributed by atoms with Crippen LogP contribution >= 0.6 is 0 Å². The highest BCUT2D eigenvalue weighted by atomic mass is 19.4. The zero-order chi connectivity index (χ0) is 15.6. The van der Waals surface area contributed by atoms with Gasteiger partial charge in [0.05, 0.1) is 12.2 Å². The molecule has 1 aromatic heterocycles. The fourth-order valence-corrected chi connectivity index (χ4v) is 1.62. The topological polar surface area (TPSA) is 71.2 Å². The van der Waals surface area contributed by atoms with Gasteiger partial charge in [-0.1, -0.05) is 0 Å². The van der Waals surface area contributed by atoms with Crippen molar-refractivity contribution >= 4 is 11.6 Å². The minimum Gasteiger partial charge on any atom is -0.368 e. The Bertz CT molecular complexity index is 579. The Labute approximate surface area is 118 Å². The van der Waals surface area contributed by atoms with Crippen LogP contribution in [-0.4, -0.2) is 23.6 Å². The molecule has 1 aliphatic carbocycles. The molecule has 21 heavy (non-hydrogen) atoms. The summed E-state index contributed by atoms with van der Waals surface area (Å²) in [5.74, 6) is -0.197. The molecule has 116 valence electrons. The molecule has 0 spiro atoms. The average Bonchev–Trinajstić information content (AvgIpc) is 3.21. The third-order valence-electron chi connectivity index (χ3n) is 3.14. The number of aromatic amines is 1. The van der Waals surface area contributed by atoms with Crippen LogP contribution < -0.4 is 10.9 Å². The minimum atomic E-state index is -4.60. The van der Waals surface area contributed by atoms with Crippen molar-refractivity contribution in [3.05, 3.63) is 28.2 Å². The van der Waals surface area contributed by atoms with Crippen LogP contribution in [0.2, 0.25) is 0 Å². The van der Waals surface area contributed by atoms with E-state index < -0.39 is 35.0 Å². The molecule has 1 aromatic rings. The van der Waals surface area contributed by atoms with Gasteiger partial charge in [-0.3, -0.25) is 9.59 Å². The second-order valence-electron chi connectivity index (χ2n) is 5.04. The van der Waals surface area contributed by atoms with Crippen LogP contribution in [0.4, 0.5) is 18.9 Å². The van der Waals surface area contributed by atoms with E-state index in [0.717, 1.165) is 12.8 Å². The molecule has 0 aliphatic heterocycles. The summed E-state index contributed by atoms with van der Waals surface area (Å²) in [6.07, 6.45) is -2.76. The number of ether oxygens (including phenoxy) is 1. The molecule has 0 radical (unpaired) electrons. The number of hydrogen-bond donors (Lipinski definition) is 2. The summed E-state index contributed by atoms with van der Waals surface area (Å²) in [5, 5.41) is 2.16. The van der Waals surface area contributed by atoms with Crippen LogP contribution in [0, 0.1) is 5.92 Å². The van der Waals surface area contributed by atoms with Gasteiger partial charge < -0.3 is 15.0 Å². The summed E-state index contributed by atoms with van der Waals surface area (Å²) in [6.45, 7) is 1.92. The normalized spacial score (nSPS) is 16.6. The molecule has 1 fully saturated rings. The van der Waals surface area contributed by atoms with Crippen LogP contribution in [0.25, 0.3) is 0 Å². The number of alkyl halides is 3. The maximum absolute atomic E-state index is 12.6. The minimum absolute atomic E-state index is 0.438. The lowest BCUT2D eigenvalue weighted by atomic mass is 10.2. The third-order valence-corrected chi connectivity index (χ3v) is 3.14. The Morgan fingerprint density at radius 1 is 1.52 bits per heavy atom. The molecule has 5 nitrogen and oxygen atoms in total. The zero-order valence-corrected chi connectivity index (χ0v) is 11.3. The van der Waals surface area contributed by atoms with Crippen molar-refractivity contribution in [3.8, 4) is 0 Å². The fraction of sp³-hybridized carbons (Fsp3) is 0.538. The van der Waals surface area contributed by atoms with Crippen molar-refractivity contribution in [2.75, 3.05) is 11.9 Å². The van der Waals surface area contributed by atoms with E-state index in [9.17, 15) is 22.8 Å². The lowest BCUT2D eigenvalue weighted by Crippen LogP contribution is -2.31. The second kappa shape index (κ2) is 5.88. The van der Waals surface area contributed by atoms with Crippen LogP contribution in [-0.2, 0) is 15.7 Å². The lowest BCUT2D eigenvalue weighted by Gasteiger charge is -2.13. The monoisotopic (exact) mass is 304 g/mol. The molecule has 0 bridgehead atoms. The first kappa shape index (κ1) is 15.6. The van der Waals surface area contributed by atoms with E-state index >= 15 is 0 Å². The number of carbonyl (C=O) groups excluding carboxylic acids is 1. The summed E-state index contributed by atoms with van der Waals surface area (Å²) in [5.41, 5.74) is -2.29. The van der Waals surface area contributed by atoms with Crippen molar-refractivity contribution < 1.29 is 22.7 Å². The molecule has 1 amide bonds. The van der Waals surface area contributed by atoms with E-state index in [-0.39, 0.29) is 0 Å². The van der Waals surface area contributed by atoms with Crippen LogP contribution in [0.5, 0.6) is 0 Å². The predicted octanol–water partition coefficient (Wildman–Crippen LogP) is 2.15. The van der Waals surface area contributed by atoms with E-state index in [0.29, 0.717) is 24.8 Å². The predicted molar refractivity (Wildman–Crippen MR) is 68.8 cm³/mol. The van der Waals surface area contributed by atoms with Crippen LogP contribution in [0.1, 0.15) is 25.3 Å². The summed E-state index contributed by atoms with van der Waals surface area (Å²) >= 11 is 0. The summed E-state index contributed by atoms with van der Waals surface area (Å²) in [4.78, 5) is 25.2. The number of H-pyrrole nitrogens is 1. The summed E-state index contributed by atoms with van der Waals surface area (Å²) in [7, 11) is 0. The quantitative estimate of drug-likeness (QED) is 0.875. The Balaban J connectivity index is 2.03. The van der Waals surface area contributed by atoms with Gasteiger partial charge in [0.15, 0.2) is 0 Å². The van der Waals surface area contributed by atoms with Crippen molar-refractivity contribution in [1.82, 2.24) is 4.98 Å². The molecule has 1 heterocycles. The van der Waals surface area contributed by atoms with Crippen molar-refractivity contribution in [2.45, 2.75) is 32.0 Å². The van der Waals surface area contributed by atoms with Crippen molar-refractivity contribution in [3.63, 3.8) is 0 Å². The highest BCUT2D eigenvalue weighted by Gasteiger charge is 2.32. The number of rotatable bonds is 5. The first-order chi connectivity index (χ1) is 9.77. The van der Waals surface area contributed by atoms with Gasteiger partial charge in [-0.05, 0) is 31.7 Å². The summed E-state index contributed by atoms with van der Waals surface area (Å²) in [6, 6.07) is 0.602. The molecule has 1 saturated carbocycles. The molecular formula is C13H15F3N2O3.